The van der Waals surface area contributed by atoms with Gasteiger partial charge in [0.1, 0.15) is 24.0 Å². The lowest BCUT2D eigenvalue weighted by Gasteiger charge is -2.57. The van der Waals surface area contributed by atoms with Crippen LogP contribution in [0.25, 0.3) is 5.52 Å². The van der Waals surface area contributed by atoms with Crippen LogP contribution < -0.4 is 20.5 Å². The maximum atomic E-state index is 13.2. The summed E-state index contributed by atoms with van der Waals surface area (Å²) >= 11 is 0. The highest BCUT2D eigenvalue weighted by atomic mass is 16.5. The van der Waals surface area contributed by atoms with Crippen LogP contribution >= 0.6 is 0 Å². The van der Waals surface area contributed by atoms with Gasteiger partial charge in [-0.1, -0.05) is 0 Å². The maximum absolute atomic E-state index is 13.2. The van der Waals surface area contributed by atoms with E-state index in [4.69, 9.17) is 15.2 Å². The van der Waals surface area contributed by atoms with Crippen LogP contribution in [-0.4, -0.2) is 55.9 Å². The lowest BCUT2D eigenvalue weighted by atomic mass is 9.53. The summed E-state index contributed by atoms with van der Waals surface area (Å²) < 4.78 is 13.9. The van der Waals surface area contributed by atoms with Crippen molar-refractivity contribution in [1.29, 1.82) is 0 Å². The van der Waals surface area contributed by atoms with E-state index in [-0.39, 0.29) is 30.1 Å². The first-order valence-electron chi connectivity index (χ1n) is 13.9. The van der Waals surface area contributed by atoms with E-state index in [9.17, 15) is 14.7 Å². The van der Waals surface area contributed by atoms with Crippen molar-refractivity contribution >= 4 is 17.3 Å². The number of ether oxygens (including phenoxy) is 2. The number of aliphatic hydroxyl groups is 1. The standard InChI is InChI=1S/C29H33N5O5/c30-25(35)20-3-1-10-31-27(20)39-19-13-28(14-19)11-18(12-28)33-26(36)21-15-32-34-22(21)6-7-23(24(34)17-4-5-17)38-16-29(37)8-2-9-29/h1,3,6-7,10,15,17-19,37H,2,4-5,8-9,11-14,16H2,(H2,30,35)(H,33,36). The molecule has 7 rings (SSSR count). The Balaban J connectivity index is 0.972. The summed E-state index contributed by atoms with van der Waals surface area (Å²) in [5.41, 5.74) is 7.50. The Kier molecular flexibility index (Phi) is 5.59. The topological polar surface area (TPSA) is 141 Å². The Bertz CT molecular complexity index is 1450. The quantitative estimate of drug-likeness (QED) is 0.385. The van der Waals surface area contributed by atoms with Gasteiger partial charge in [0.15, 0.2) is 0 Å². The van der Waals surface area contributed by atoms with E-state index >= 15 is 0 Å². The van der Waals surface area contributed by atoms with Gasteiger partial charge in [-0.15, -0.1) is 0 Å². The summed E-state index contributed by atoms with van der Waals surface area (Å²) in [6, 6.07) is 7.20. The minimum Gasteiger partial charge on any atom is -0.489 e. The van der Waals surface area contributed by atoms with Crippen LogP contribution in [-0.2, 0) is 0 Å². The van der Waals surface area contributed by atoms with E-state index in [1.54, 1.807) is 24.5 Å². The number of fused-ring (bicyclic) bond motifs is 1. The van der Waals surface area contributed by atoms with Gasteiger partial charge in [-0.3, -0.25) is 9.59 Å². The van der Waals surface area contributed by atoms with Gasteiger partial charge in [0.2, 0.25) is 5.88 Å². The second-order valence-electron chi connectivity index (χ2n) is 12.0. The number of nitrogens with two attached hydrogens (primary N) is 1. The number of rotatable bonds is 9. The zero-order valence-corrected chi connectivity index (χ0v) is 21.8. The molecule has 4 fully saturated rings. The molecule has 0 aromatic carbocycles. The third-order valence-electron chi connectivity index (χ3n) is 9.00. The van der Waals surface area contributed by atoms with Gasteiger partial charge < -0.3 is 25.6 Å². The van der Waals surface area contributed by atoms with Crippen LogP contribution in [0.15, 0.2) is 36.7 Å². The van der Waals surface area contributed by atoms with Gasteiger partial charge in [-0.05, 0) is 87.5 Å². The first-order chi connectivity index (χ1) is 18.8. The molecule has 0 aliphatic heterocycles. The molecule has 4 saturated carbocycles. The van der Waals surface area contributed by atoms with Gasteiger partial charge >= 0.3 is 0 Å². The van der Waals surface area contributed by atoms with E-state index in [0.29, 0.717) is 22.9 Å². The number of primary amides is 1. The van der Waals surface area contributed by atoms with E-state index in [2.05, 4.69) is 15.4 Å². The summed E-state index contributed by atoms with van der Waals surface area (Å²) in [7, 11) is 0. The molecular formula is C29H33N5O5. The molecule has 3 aromatic rings. The number of carbonyl (C=O) groups excluding carboxylic acids is 2. The fourth-order valence-electron chi connectivity index (χ4n) is 6.53. The van der Waals surface area contributed by atoms with Crippen LogP contribution in [0.3, 0.4) is 0 Å². The minimum atomic E-state index is -0.720. The highest BCUT2D eigenvalue weighted by molar-refractivity contribution is 6.01. The Morgan fingerprint density at radius 1 is 1.13 bits per heavy atom. The van der Waals surface area contributed by atoms with Gasteiger partial charge in [0, 0.05) is 18.2 Å². The molecule has 3 aromatic heterocycles. The molecule has 1 spiro atoms. The van der Waals surface area contributed by atoms with Gasteiger partial charge in [0.05, 0.1) is 28.6 Å². The van der Waals surface area contributed by atoms with Crippen molar-refractivity contribution in [2.45, 2.75) is 81.5 Å². The summed E-state index contributed by atoms with van der Waals surface area (Å²) in [6.07, 6.45) is 11.5. The van der Waals surface area contributed by atoms with Crippen LogP contribution in [0.2, 0.25) is 0 Å². The van der Waals surface area contributed by atoms with Crippen molar-refractivity contribution in [3.05, 3.63) is 53.5 Å². The average molecular weight is 532 g/mol. The SMILES string of the molecule is NC(=O)c1cccnc1OC1CC2(CC(NC(=O)c3cnn4c(C5CC5)c(OCC5(O)CCC5)ccc34)C2)C1. The molecule has 10 nitrogen and oxygen atoms in total. The molecule has 10 heteroatoms. The van der Waals surface area contributed by atoms with E-state index in [1.807, 2.05) is 16.6 Å². The van der Waals surface area contributed by atoms with Crippen molar-refractivity contribution in [3.8, 4) is 11.6 Å². The molecule has 39 heavy (non-hydrogen) atoms. The number of amides is 2. The zero-order valence-electron chi connectivity index (χ0n) is 21.8. The average Bonchev–Trinajstić information content (AvgIpc) is 3.61. The third-order valence-corrected chi connectivity index (χ3v) is 9.00. The van der Waals surface area contributed by atoms with Crippen LogP contribution in [0.1, 0.15) is 90.1 Å². The number of carbonyl (C=O) groups is 2. The molecular weight excluding hydrogens is 498 g/mol. The van der Waals surface area contributed by atoms with Crippen molar-refractivity contribution in [2.24, 2.45) is 11.1 Å². The number of aromatic nitrogens is 3. The minimum absolute atomic E-state index is 0.00321. The number of nitrogens with one attached hydrogen (secondary N) is 1. The molecule has 4 aliphatic carbocycles. The zero-order chi connectivity index (χ0) is 26.8. The predicted molar refractivity (Wildman–Crippen MR) is 141 cm³/mol. The molecule has 0 bridgehead atoms. The largest absolute Gasteiger partial charge is 0.489 e. The van der Waals surface area contributed by atoms with Crippen molar-refractivity contribution in [3.63, 3.8) is 0 Å². The van der Waals surface area contributed by atoms with Crippen molar-refractivity contribution in [2.75, 3.05) is 6.61 Å². The van der Waals surface area contributed by atoms with Crippen molar-refractivity contribution < 1.29 is 24.2 Å². The lowest BCUT2D eigenvalue weighted by molar-refractivity contribution is -0.0848. The Morgan fingerprint density at radius 3 is 2.62 bits per heavy atom. The molecule has 0 saturated heterocycles. The van der Waals surface area contributed by atoms with E-state index in [0.717, 1.165) is 74.7 Å². The number of hydrogen-bond acceptors (Lipinski definition) is 7. The first kappa shape index (κ1) is 24.4. The monoisotopic (exact) mass is 531 g/mol. The lowest BCUT2D eigenvalue weighted by Crippen LogP contribution is -2.58. The normalized spacial score (nSPS) is 26.8. The highest BCUT2D eigenvalue weighted by Crippen LogP contribution is 2.57. The van der Waals surface area contributed by atoms with Crippen LogP contribution in [0.5, 0.6) is 11.6 Å². The van der Waals surface area contributed by atoms with Crippen LogP contribution in [0, 0.1) is 5.41 Å². The molecule has 4 aliphatic rings. The van der Waals surface area contributed by atoms with Crippen LogP contribution in [0.4, 0.5) is 0 Å². The van der Waals surface area contributed by atoms with Gasteiger partial charge in [-0.25, -0.2) is 9.50 Å². The third kappa shape index (κ3) is 4.40. The molecule has 0 atom stereocenters. The maximum Gasteiger partial charge on any atom is 0.255 e. The molecule has 2 amide bonds. The van der Waals surface area contributed by atoms with E-state index in [1.165, 1.54) is 0 Å². The smallest absolute Gasteiger partial charge is 0.255 e. The molecule has 4 N–H and O–H groups in total. The number of nitrogens with zero attached hydrogens (tertiary/aromatic N) is 3. The number of hydrogen-bond donors (Lipinski definition) is 3. The Morgan fingerprint density at radius 2 is 1.92 bits per heavy atom. The Labute approximate surface area is 225 Å². The van der Waals surface area contributed by atoms with Gasteiger partial charge in [-0.2, -0.15) is 5.10 Å². The highest BCUT2D eigenvalue weighted by Gasteiger charge is 2.54. The summed E-state index contributed by atoms with van der Waals surface area (Å²) in [5, 5.41) is 18.2. The second-order valence-corrected chi connectivity index (χ2v) is 12.0. The first-order valence-corrected chi connectivity index (χ1v) is 13.9. The summed E-state index contributed by atoms with van der Waals surface area (Å²) in [6.45, 7) is 0.288. The molecule has 3 heterocycles. The van der Waals surface area contributed by atoms with Gasteiger partial charge in [0.25, 0.3) is 11.8 Å². The molecule has 0 unspecified atom stereocenters. The molecule has 0 radical (unpaired) electrons. The fourth-order valence-corrected chi connectivity index (χ4v) is 6.53. The summed E-state index contributed by atoms with van der Waals surface area (Å²) in [4.78, 5) is 29.0. The number of pyridine rings is 2. The summed E-state index contributed by atoms with van der Waals surface area (Å²) in [5.74, 6) is 0.736. The predicted octanol–water partition coefficient (Wildman–Crippen LogP) is 3.12. The Hall–Kier alpha value is -3.66. The fraction of sp³-hybridized carbons (Fsp3) is 0.517. The second kappa shape index (κ2) is 8.94. The van der Waals surface area contributed by atoms with Crippen molar-refractivity contribution in [1.82, 2.24) is 19.9 Å². The molecule has 204 valence electrons. The van der Waals surface area contributed by atoms with E-state index < -0.39 is 11.5 Å².